The predicted octanol–water partition coefficient (Wildman–Crippen LogP) is 6.28. The molecule has 12 atom stereocenters. The van der Waals surface area contributed by atoms with E-state index in [1.807, 2.05) is 27.7 Å². The first kappa shape index (κ1) is 32.7. The van der Waals surface area contributed by atoms with E-state index in [0.717, 1.165) is 51.4 Å². The molecule has 0 aromatic heterocycles. The average Bonchev–Trinajstić information content (AvgIpc) is 3.27. The lowest BCUT2D eigenvalue weighted by Gasteiger charge is -2.63. The molecule has 0 aliphatic heterocycles. The minimum atomic E-state index is -0.531. The number of fused-ring (bicyclic) bond motifs is 5. The summed E-state index contributed by atoms with van der Waals surface area (Å²) in [5, 5.41) is 23.6. The molecule has 7 heteroatoms. The zero-order valence-electron chi connectivity index (χ0n) is 27.0. The molecule has 0 radical (unpaired) electrons. The van der Waals surface area contributed by atoms with Gasteiger partial charge in [0.25, 0.3) is 0 Å². The molecular weight excluding hydrogens is 520 g/mol. The van der Waals surface area contributed by atoms with Gasteiger partial charge in [-0.25, -0.2) is 0 Å². The van der Waals surface area contributed by atoms with Crippen molar-refractivity contribution in [2.24, 2.45) is 51.8 Å². The van der Waals surface area contributed by atoms with Gasteiger partial charge in [0.05, 0.1) is 17.6 Å². The summed E-state index contributed by atoms with van der Waals surface area (Å²) in [5.41, 5.74) is -0.722. The van der Waals surface area contributed by atoms with Gasteiger partial charge in [-0.15, -0.1) is 0 Å². The number of hydrogen-bond donors (Lipinski definition) is 2. The van der Waals surface area contributed by atoms with Crippen LogP contribution in [0.2, 0.25) is 0 Å². The van der Waals surface area contributed by atoms with Crippen LogP contribution in [0.3, 0.4) is 0 Å². The molecule has 41 heavy (non-hydrogen) atoms. The van der Waals surface area contributed by atoms with Crippen molar-refractivity contribution in [1.82, 2.24) is 0 Å². The summed E-state index contributed by atoms with van der Waals surface area (Å²) in [6, 6.07) is 0. The Balaban J connectivity index is 1.44. The summed E-state index contributed by atoms with van der Waals surface area (Å²) in [5.74, 6) is 1.21. The van der Waals surface area contributed by atoms with Gasteiger partial charge in [-0.3, -0.25) is 9.59 Å². The van der Waals surface area contributed by atoms with Crippen molar-refractivity contribution in [3.8, 4) is 0 Å². The average molecular weight is 579 g/mol. The molecular formula is C34H58O7. The molecule has 0 heterocycles. The molecule has 2 N–H and O–H groups in total. The number of hydrogen-bond acceptors (Lipinski definition) is 7. The Hall–Kier alpha value is -1.18. The fraction of sp³-hybridized carbons (Fsp3) is 0.941. The lowest BCUT2D eigenvalue weighted by Crippen LogP contribution is -2.62. The van der Waals surface area contributed by atoms with Crippen molar-refractivity contribution in [1.29, 1.82) is 0 Å². The molecule has 4 saturated carbocycles. The molecule has 4 rings (SSSR count). The number of carbonyl (C=O) groups is 2. The second-order valence-electron chi connectivity index (χ2n) is 15.2. The Morgan fingerprint density at radius 2 is 1.71 bits per heavy atom. The van der Waals surface area contributed by atoms with Crippen molar-refractivity contribution in [3.63, 3.8) is 0 Å². The van der Waals surface area contributed by atoms with Crippen LogP contribution in [0.4, 0.5) is 0 Å². The SMILES string of the molecule is CCOC(C)OC(=O)CCC(C)C1CCC2C3C(O)CC4CC(OC(=O)C(C)(C)CC)CC[C@]4(C)C3CC(O)[C@]12C. The highest BCUT2D eigenvalue weighted by atomic mass is 16.7. The summed E-state index contributed by atoms with van der Waals surface area (Å²) < 4.78 is 16.7. The van der Waals surface area contributed by atoms with Crippen LogP contribution in [0.1, 0.15) is 120 Å². The molecule has 0 spiro atoms. The van der Waals surface area contributed by atoms with Crippen molar-refractivity contribution in [2.45, 2.75) is 144 Å². The Kier molecular flexibility index (Phi) is 9.93. The Morgan fingerprint density at radius 3 is 2.37 bits per heavy atom. The number of carbonyl (C=O) groups excluding carboxylic acids is 2. The fourth-order valence-electron chi connectivity index (χ4n) is 9.74. The van der Waals surface area contributed by atoms with Crippen LogP contribution < -0.4 is 0 Å². The molecule has 0 aromatic rings. The van der Waals surface area contributed by atoms with Gasteiger partial charge in [-0.05, 0) is 132 Å². The van der Waals surface area contributed by atoms with E-state index in [-0.39, 0.29) is 58.5 Å². The third kappa shape index (κ3) is 6.11. The summed E-state index contributed by atoms with van der Waals surface area (Å²) in [4.78, 5) is 25.2. The highest BCUT2D eigenvalue weighted by Gasteiger charge is 2.65. The fourth-order valence-corrected chi connectivity index (χ4v) is 9.74. The zero-order valence-corrected chi connectivity index (χ0v) is 27.0. The molecule has 0 amide bonds. The van der Waals surface area contributed by atoms with Crippen LogP contribution in [0.15, 0.2) is 0 Å². The van der Waals surface area contributed by atoms with E-state index >= 15 is 0 Å². The first-order valence-electron chi connectivity index (χ1n) is 16.6. The summed E-state index contributed by atoms with van der Waals surface area (Å²) in [6.07, 6.45) is 6.48. The first-order chi connectivity index (χ1) is 19.2. The highest BCUT2D eigenvalue weighted by Crippen LogP contribution is 2.68. The summed E-state index contributed by atoms with van der Waals surface area (Å²) in [6.45, 7) is 16.9. The summed E-state index contributed by atoms with van der Waals surface area (Å²) >= 11 is 0. The van der Waals surface area contributed by atoms with Crippen LogP contribution in [-0.2, 0) is 23.8 Å². The molecule has 4 fully saturated rings. The number of aliphatic hydroxyl groups is 2. The van der Waals surface area contributed by atoms with Crippen LogP contribution in [-0.4, -0.2) is 53.4 Å². The van der Waals surface area contributed by atoms with Crippen LogP contribution in [0.25, 0.3) is 0 Å². The molecule has 236 valence electrons. The summed E-state index contributed by atoms with van der Waals surface area (Å²) in [7, 11) is 0. The van der Waals surface area contributed by atoms with Crippen LogP contribution in [0.5, 0.6) is 0 Å². The normalized spacial score (nSPS) is 41.9. The van der Waals surface area contributed by atoms with Crippen molar-refractivity contribution in [3.05, 3.63) is 0 Å². The maximum atomic E-state index is 12.8. The number of esters is 2. The minimum absolute atomic E-state index is 0.0279. The quantitative estimate of drug-likeness (QED) is 0.232. The molecule has 0 bridgehead atoms. The van der Waals surface area contributed by atoms with Gasteiger partial charge in [-0.2, -0.15) is 0 Å². The van der Waals surface area contributed by atoms with Gasteiger partial charge < -0.3 is 24.4 Å². The molecule has 4 aliphatic carbocycles. The zero-order chi connectivity index (χ0) is 30.3. The molecule has 4 aliphatic rings. The maximum absolute atomic E-state index is 12.8. The van der Waals surface area contributed by atoms with E-state index in [1.54, 1.807) is 6.92 Å². The Labute approximate surface area is 248 Å². The topological polar surface area (TPSA) is 102 Å². The molecule has 0 saturated heterocycles. The van der Waals surface area contributed by atoms with Gasteiger partial charge in [-0.1, -0.05) is 27.7 Å². The van der Waals surface area contributed by atoms with Gasteiger partial charge in [0.2, 0.25) is 0 Å². The molecule has 7 nitrogen and oxygen atoms in total. The maximum Gasteiger partial charge on any atom is 0.311 e. The number of rotatable bonds is 10. The highest BCUT2D eigenvalue weighted by molar-refractivity contribution is 5.76. The van der Waals surface area contributed by atoms with E-state index in [0.29, 0.717) is 25.4 Å². The second kappa shape index (κ2) is 12.4. The standard InChI is InChI=1S/C34H58O7/c1-9-32(5,6)31(38)41-23-15-16-33(7)22(17-23)18-27(35)30-25-13-12-24(34(25,8)28(36)19-26(30)33)20(3)11-14-29(37)40-21(4)39-10-2/h20-28,30,35-36H,9-19H2,1-8H3/t20?,21?,22?,23?,24?,25?,26?,27?,28?,30?,33-,34+/m0/s1. The third-order valence-corrected chi connectivity index (χ3v) is 12.7. The van der Waals surface area contributed by atoms with Crippen molar-refractivity contribution < 1.29 is 34.0 Å². The minimum Gasteiger partial charge on any atom is -0.462 e. The van der Waals surface area contributed by atoms with Gasteiger partial charge in [0, 0.05) is 13.0 Å². The largest absolute Gasteiger partial charge is 0.462 e. The van der Waals surface area contributed by atoms with E-state index in [4.69, 9.17) is 14.2 Å². The van der Waals surface area contributed by atoms with Gasteiger partial charge in [0.15, 0.2) is 6.29 Å². The first-order valence-corrected chi connectivity index (χ1v) is 16.6. The lowest BCUT2D eigenvalue weighted by molar-refractivity contribution is -0.210. The predicted molar refractivity (Wildman–Crippen MR) is 158 cm³/mol. The van der Waals surface area contributed by atoms with E-state index in [1.165, 1.54) is 0 Å². The number of aliphatic hydroxyl groups excluding tert-OH is 2. The van der Waals surface area contributed by atoms with E-state index in [2.05, 4.69) is 20.8 Å². The van der Waals surface area contributed by atoms with Gasteiger partial charge in [0.1, 0.15) is 6.10 Å². The van der Waals surface area contributed by atoms with E-state index < -0.39 is 23.9 Å². The Bertz CT molecular complexity index is 934. The van der Waals surface area contributed by atoms with Gasteiger partial charge >= 0.3 is 11.9 Å². The monoisotopic (exact) mass is 578 g/mol. The second-order valence-corrected chi connectivity index (χ2v) is 15.2. The molecule has 0 aromatic carbocycles. The Morgan fingerprint density at radius 1 is 1.00 bits per heavy atom. The molecule has 10 unspecified atom stereocenters. The van der Waals surface area contributed by atoms with Crippen molar-refractivity contribution in [2.75, 3.05) is 6.61 Å². The van der Waals surface area contributed by atoms with Crippen molar-refractivity contribution >= 4 is 11.9 Å². The number of ether oxygens (including phenoxy) is 3. The van der Waals surface area contributed by atoms with E-state index in [9.17, 15) is 19.8 Å². The lowest BCUT2D eigenvalue weighted by atomic mass is 9.43. The third-order valence-electron chi connectivity index (χ3n) is 12.7. The van der Waals surface area contributed by atoms with Crippen LogP contribution in [0, 0.1) is 51.8 Å². The van der Waals surface area contributed by atoms with Crippen LogP contribution >= 0.6 is 0 Å². The smallest absolute Gasteiger partial charge is 0.311 e.